The van der Waals surface area contributed by atoms with E-state index in [1.54, 1.807) is 24.6 Å². The van der Waals surface area contributed by atoms with Crippen LogP contribution in [0.15, 0.2) is 29.4 Å². The number of hydrogen-bond acceptors (Lipinski definition) is 6. The van der Waals surface area contributed by atoms with E-state index in [-0.39, 0.29) is 34.8 Å². The zero-order valence-corrected chi connectivity index (χ0v) is 20.1. The van der Waals surface area contributed by atoms with Crippen molar-refractivity contribution in [3.63, 3.8) is 0 Å². The Morgan fingerprint density at radius 3 is 2.62 bits per heavy atom. The molecule has 3 heterocycles. The molecule has 0 radical (unpaired) electrons. The van der Waals surface area contributed by atoms with Gasteiger partial charge in [0, 0.05) is 35.6 Å². The third-order valence-electron chi connectivity index (χ3n) is 5.94. The fraction of sp³-hybridized carbons (Fsp3) is 0.409. The van der Waals surface area contributed by atoms with Crippen LogP contribution < -0.4 is 0 Å². The molecule has 170 valence electrons. The molecule has 4 rings (SSSR count). The molecule has 1 unspecified atom stereocenters. The van der Waals surface area contributed by atoms with Crippen molar-refractivity contribution in [2.45, 2.75) is 38.3 Å². The highest BCUT2D eigenvalue weighted by Gasteiger charge is 2.32. The van der Waals surface area contributed by atoms with Gasteiger partial charge in [-0.25, -0.2) is 12.8 Å². The molecule has 3 aromatic rings. The Morgan fingerprint density at radius 2 is 1.97 bits per heavy atom. The first-order chi connectivity index (χ1) is 15.1. The third kappa shape index (κ3) is 4.25. The summed E-state index contributed by atoms with van der Waals surface area (Å²) in [6.07, 6.45) is 0.545. The van der Waals surface area contributed by atoms with Gasteiger partial charge in [0.15, 0.2) is 20.8 Å². The molecule has 0 N–H and O–H groups in total. The lowest BCUT2D eigenvalue weighted by molar-refractivity contribution is 0.102. The van der Waals surface area contributed by atoms with Gasteiger partial charge in [0.2, 0.25) is 0 Å². The molecule has 1 aliphatic rings. The Kier molecular flexibility index (Phi) is 6.02. The van der Waals surface area contributed by atoms with E-state index in [0.717, 1.165) is 11.4 Å². The molecule has 1 atom stereocenters. The second-order valence-electron chi connectivity index (χ2n) is 8.27. The molecule has 0 saturated carbocycles. The van der Waals surface area contributed by atoms with E-state index < -0.39 is 9.84 Å². The van der Waals surface area contributed by atoms with E-state index in [1.165, 1.54) is 17.8 Å². The van der Waals surface area contributed by atoms with Crippen molar-refractivity contribution >= 4 is 27.4 Å². The van der Waals surface area contributed by atoms with Gasteiger partial charge >= 0.3 is 0 Å². The number of aromatic nitrogens is 4. The lowest BCUT2D eigenvalue weighted by Gasteiger charge is -2.11. The fourth-order valence-corrected chi connectivity index (χ4v) is 6.72. The summed E-state index contributed by atoms with van der Waals surface area (Å²) in [5, 5.41) is 8.92. The van der Waals surface area contributed by atoms with Crippen LogP contribution >= 0.6 is 11.8 Å². The van der Waals surface area contributed by atoms with Gasteiger partial charge in [-0.15, -0.1) is 10.2 Å². The van der Waals surface area contributed by atoms with Crippen molar-refractivity contribution in [2.24, 2.45) is 7.05 Å². The van der Waals surface area contributed by atoms with E-state index in [2.05, 4.69) is 10.2 Å². The Hall–Kier alpha value is -2.46. The summed E-state index contributed by atoms with van der Waals surface area (Å²) in [5.41, 5.74) is 3.44. The van der Waals surface area contributed by atoms with Crippen LogP contribution in [0.25, 0.3) is 5.69 Å². The molecule has 1 saturated heterocycles. The van der Waals surface area contributed by atoms with Gasteiger partial charge in [-0.1, -0.05) is 17.8 Å². The Morgan fingerprint density at radius 1 is 1.22 bits per heavy atom. The maximum absolute atomic E-state index is 14.1. The van der Waals surface area contributed by atoms with E-state index in [9.17, 15) is 17.6 Å². The van der Waals surface area contributed by atoms with Crippen molar-refractivity contribution in [2.75, 3.05) is 17.3 Å². The topological polar surface area (TPSA) is 86.8 Å². The number of halogens is 1. The lowest BCUT2D eigenvalue weighted by Crippen LogP contribution is -2.10. The zero-order valence-electron chi connectivity index (χ0n) is 18.4. The highest BCUT2D eigenvalue weighted by molar-refractivity contribution is 7.99. The summed E-state index contributed by atoms with van der Waals surface area (Å²) in [5.74, 6) is 0.570. The van der Waals surface area contributed by atoms with Crippen molar-refractivity contribution in [3.8, 4) is 5.69 Å². The maximum Gasteiger partial charge on any atom is 0.191 e. The van der Waals surface area contributed by atoms with Gasteiger partial charge in [0.05, 0.1) is 17.3 Å². The molecule has 10 heteroatoms. The average molecular weight is 477 g/mol. The van der Waals surface area contributed by atoms with E-state index in [1.807, 2.05) is 30.5 Å². The van der Waals surface area contributed by atoms with E-state index in [4.69, 9.17) is 0 Å². The third-order valence-corrected chi connectivity index (χ3v) is 8.73. The SMILES string of the molecule is Cc1ccc(-n2c(C)cc(C(=O)CSc3nnc(C4CCS(=O)(=O)C4)n3C)c2C)cc1F. The molecule has 1 aromatic carbocycles. The van der Waals surface area contributed by atoms with Gasteiger partial charge in [-0.05, 0) is 51.0 Å². The summed E-state index contributed by atoms with van der Waals surface area (Å²) in [4.78, 5) is 13.0. The van der Waals surface area contributed by atoms with Crippen LogP contribution in [0.2, 0.25) is 0 Å². The minimum atomic E-state index is -3.02. The summed E-state index contributed by atoms with van der Waals surface area (Å²) in [6.45, 7) is 5.45. The average Bonchev–Trinajstić information content (AvgIpc) is 3.37. The number of ketones is 1. The maximum atomic E-state index is 14.1. The molecule has 0 spiro atoms. The molecule has 1 fully saturated rings. The Balaban J connectivity index is 1.50. The molecule has 7 nitrogen and oxygen atoms in total. The van der Waals surface area contributed by atoms with Crippen molar-refractivity contribution in [3.05, 3.63) is 58.4 Å². The van der Waals surface area contributed by atoms with Crippen LogP contribution in [-0.2, 0) is 16.9 Å². The molecule has 0 amide bonds. The van der Waals surface area contributed by atoms with Crippen LogP contribution in [0.5, 0.6) is 0 Å². The predicted octanol–water partition coefficient (Wildman–Crippen LogP) is 3.55. The number of carbonyl (C=O) groups is 1. The number of Topliss-reactive ketones (excluding diaryl/α,β-unsaturated/α-hetero) is 1. The van der Waals surface area contributed by atoms with Crippen LogP contribution in [0, 0.1) is 26.6 Å². The number of carbonyl (C=O) groups excluding carboxylic acids is 1. The molecule has 0 bridgehead atoms. The smallest absolute Gasteiger partial charge is 0.191 e. The quantitative estimate of drug-likeness (QED) is 0.400. The van der Waals surface area contributed by atoms with Crippen LogP contribution in [0.4, 0.5) is 4.39 Å². The molecule has 2 aromatic heterocycles. The monoisotopic (exact) mass is 476 g/mol. The molecule has 32 heavy (non-hydrogen) atoms. The van der Waals surface area contributed by atoms with Crippen molar-refractivity contribution in [1.82, 2.24) is 19.3 Å². The van der Waals surface area contributed by atoms with Gasteiger partial charge in [0.25, 0.3) is 0 Å². The number of hydrogen-bond donors (Lipinski definition) is 0. The normalized spacial score (nSPS) is 17.7. The first-order valence-corrected chi connectivity index (χ1v) is 13.1. The Bertz CT molecular complexity index is 1310. The second kappa shape index (κ2) is 8.47. The summed E-state index contributed by atoms with van der Waals surface area (Å²) in [7, 11) is -1.22. The van der Waals surface area contributed by atoms with Gasteiger partial charge in [0.1, 0.15) is 11.6 Å². The van der Waals surface area contributed by atoms with Gasteiger partial charge in [-0.2, -0.15) is 0 Å². The molecule has 0 aliphatic carbocycles. The lowest BCUT2D eigenvalue weighted by atomic mass is 10.1. The standard InChI is InChI=1S/C22H25FN4O3S2/c1-13-5-6-17(10-19(13)23)27-14(2)9-18(15(27)3)20(28)11-31-22-25-24-21(26(22)4)16-7-8-32(29,30)12-16/h5-6,9-10,16H,7-8,11-12H2,1-4H3. The predicted molar refractivity (Wildman–Crippen MR) is 122 cm³/mol. The highest BCUT2D eigenvalue weighted by Crippen LogP contribution is 2.30. The first-order valence-electron chi connectivity index (χ1n) is 10.3. The zero-order chi connectivity index (χ0) is 23.2. The van der Waals surface area contributed by atoms with Crippen LogP contribution in [0.3, 0.4) is 0 Å². The minimum absolute atomic E-state index is 0.0603. The number of benzene rings is 1. The van der Waals surface area contributed by atoms with Crippen molar-refractivity contribution in [1.29, 1.82) is 0 Å². The number of nitrogens with zero attached hydrogens (tertiary/aromatic N) is 4. The molecular weight excluding hydrogens is 451 g/mol. The summed E-state index contributed by atoms with van der Waals surface area (Å²) in [6, 6.07) is 6.86. The van der Waals surface area contributed by atoms with E-state index >= 15 is 0 Å². The molecular formula is C22H25FN4O3S2. The number of rotatable bonds is 6. The molecule has 1 aliphatic heterocycles. The Labute approximate surface area is 191 Å². The largest absolute Gasteiger partial charge is 0.318 e. The van der Waals surface area contributed by atoms with Crippen LogP contribution in [-0.4, -0.2) is 50.8 Å². The number of thioether (sulfide) groups is 1. The first kappa shape index (κ1) is 22.7. The van der Waals surface area contributed by atoms with Crippen molar-refractivity contribution < 1.29 is 17.6 Å². The van der Waals surface area contributed by atoms with Gasteiger partial charge in [-0.3, -0.25) is 4.79 Å². The van der Waals surface area contributed by atoms with E-state index in [0.29, 0.717) is 34.2 Å². The minimum Gasteiger partial charge on any atom is -0.318 e. The number of aryl methyl sites for hydroxylation is 2. The van der Waals surface area contributed by atoms with Gasteiger partial charge < -0.3 is 9.13 Å². The van der Waals surface area contributed by atoms with Crippen LogP contribution in [0.1, 0.15) is 45.5 Å². The summed E-state index contributed by atoms with van der Waals surface area (Å²) < 4.78 is 41.3. The second-order valence-corrected chi connectivity index (χ2v) is 11.4. The highest BCUT2D eigenvalue weighted by atomic mass is 32.2. The fourth-order valence-electron chi connectivity index (χ4n) is 4.18. The summed E-state index contributed by atoms with van der Waals surface area (Å²) >= 11 is 1.27. The number of sulfone groups is 1.